The van der Waals surface area contributed by atoms with Crippen molar-refractivity contribution in [3.05, 3.63) is 88.7 Å². The molecule has 3 rings (SSSR count). The molecule has 0 radical (unpaired) electrons. The van der Waals surface area contributed by atoms with E-state index in [0.717, 1.165) is 16.8 Å². The van der Waals surface area contributed by atoms with E-state index in [0.29, 0.717) is 0 Å². The number of hydrogen-bond acceptors (Lipinski definition) is 5. The van der Waals surface area contributed by atoms with Crippen LogP contribution < -0.4 is 0 Å². The number of nitrogens with zero attached hydrogens (tertiary/aromatic N) is 1. The Morgan fingerprint density at radius 2 is 1.33 bits per heavy atom. The predicted octanol–water partition coefficient (Wildman–Crippen LogP) is 4.08. The molecule has 0 saturated carbocycles. The molecule has 0 atom stereocenters. The molecule has 0 aliphatic carbocycles. The van der Waals surface area contributed by atoms with Crippen LogP contribution in [-0.2, 0) is 0 Å². The van der Waals surface area contributed by atoms with E-state index in [9.17, 15) is 19.8 Å². The van der Waals surface area contributed by atoms with Gasteiger partial charge in [0, 0.05) is 6.20 Å². The highest BCUT2D eigenvalue weighted by Crippen LogP contribution is 2.35. The number of Topliss-reactive ketones (excluding diaryl/α,β-unsaturated/α-hetero) is 2. The SMILES string of the molecule is CC(=O)c1cc(C(c2ccc(O)c(C(C)=O)c2)c2ccccn2)ccc1O. The summed E-state index contributed by atoms with van der Waals surface area (Å²) in [5.41, 5.74) is 2.66. The Kier molecular flexibility index (Phi) is 5.03. The zero-order valence-corrected chi connectivity index (χ0v) is 15.0. The lowest BCUT2D eigenvalue weighted by atomic mass is 9.85. The summed E-state index contributed by atoms with van der Waals surface area (Å²) in [5, 5.41) is 19.9. The number of benzene rings is 2. The average molecular weight is 361 g/mol. The Bertz CT molecular complexity index is 949. The Morgan fingerprint density at radius 1 is 0.815 bits per heavy atom. The second-order valence-corrected chi connectivity index (χ2v) is 6.35. The first-order valence-electron chi connectivity index (χ1n) is 8.47. The molecule has 2 aromatic carbocycles. The first-order chi connectivity index (χ1) is 12.9. The van der Waals surface area contributed by atoms with Crippen LogP contribution in [0.2, 0.25) is 0 Å². The van der Waals surface area contributed by atoms with Gasteiger partial charge in [-0.3, -0.25) is 14.6 Å². The van der Waals surface area contributed by atoms with Gasteiger partial charge < -0.3 is 10.2 Å². The Morgan fingerprint density at radius 3 is 1.74 bits per heavy atom. The monoisotopic (exact) mass is 361 g/mol. The van der Waals surface area contributed by atoms with Gasteiger partial charge in [-0.2, -0.15) is 0 Å². The van der Waals surface area contributed by atoms with Crippen molar-refractivity contribution in [1.29, 1.82) is 0 Å². The van der Waals surface area contributed by atoms with Crippen LogP contribution in [0.4, 0.5) is 0 Å². The van der Waals surface area contributed by atoms with Crippen molar-refractivity contribution < 1.29 is 19.8 Å². The second kappa shape index (κ2) is 7.41. The number of hydrogen-bond donors (Lipinski definition) is 2. The number of carbonyl (C=O) groups excluding carboxylic acids is 2. The van der Waals surface area contributed by atoms with Crippen LogP contribution in [0.5, 0.6) is 11.5 Å². The van der Waals surface area contributed by atoms with Gasteiger partial charge in [-0.25, -0.2) is 0 Å². The fourth-order valence-corrected chi connectivity index (χ4v) is 3.11. The Labute approximate surface area is 157 Å². The van der Waals surface area contributed by atoms with Crippen molar-refractivity contribution >= 4 is 11.6 Å². The number of aromatic nitrogens is 1. The molecule has 3 aromatic rings. The van der Waals surface area contributed by atoms with Crippen molar-refractivity contribution in [3.63, 3.8) is 0 Å². The third-order valence-corrected chi connectivity index (χ3v) is 4.45. The second-order valence-electron chi connectivity index (χ2n) is 6.35. The number of ketones is 2. The van der Waals surface area contributed by atoms with Crippen molar-refractivity contribution in [2.24, 2.45) is 0 Å². The normalized spacial score (nSPS) is 10.8. The van der Waals surface area contributed by atoms with Crippen LogP contribution in [0.3, 0.4) is 0 Å². The zero-order valence-electron chi connectivity index (χ0n) is 15.0. The van der Waals surface area contributed by atoms with E-state index in [1.165, 1.54) is 26.0 Å². The number of aromatic hydroxyl groups is 2. The van der Waals surface area contributed by atoms with Crippen molar-refractivity contribution in [1.82, 2.24) is 4.98 Å². The zero-order chi connectivity index (χ0) is 19.6. The van der Waals surface area contributed by atoms with E-state index in [1.807, 2.05) is 12.1 Å². The Hall–Kier alpha value is -3.47. The molecular formula is C22H19NO4. The summed E-state index contributed by atoms with van der Waals surface area (Å²) in [7, 11) is 0. The summed E-state index contributed by atoms with van der Waals surface area (Å²) in [6, 6.07) is 15.2. The quantitative estimate of drug-likeness (QED) is 0.669. The summed E-state index contributed by atoms with van der Waals surface area (Å²) >= 11 is 0. The van der Waals surface area contributed by atoms with Crippen molar-refractivity contribution in [2.75, 3.05) is 0 Å². The van der Waals surface area contributed by atoms with Gasteiger partial charge in [0.15, 0.2) is 11.6 Å². The summed E-state index contributed by atoms with van der Waals surface area (Å²) in [4.78, 5) is 28.1. The van der Waals surface area contributed by atoms with Crippen molar-refractivity contribution in [3.8, 4) is 11.5 Å². The fourth-order valence-electron chi connectivity index (χ4n) is 3.11. The molecular weight excluding hydrogens is 342 g/mol. The molecule has 5 heteroatoms. The average Bonchev–Trinajstić information content (AvgIpc) is 2.65. The van der Waals surface area contributed by atoms with Crippen LogP contribution in [-0.4, -0.2) is 26.8 Å². The van der Waals surface area contributed by atoms with Gasteiger partial charge in [-0.05, 0) is 61.4 Å². The molecule has 0 saturated heterocycles. The molecule has 0 fully saturated rings. The van der Waals surface area contributed by atoms with Gasteiger partial charge in [0.25, 0.3) is 0 Å². The van der Waals surface area contributed by atoms with E-state index < -0.39 is 0 Å². The van der Waals surface area contributed by atoms with Crippen LogP contribution in [0.25, 0.3) is 0 Å². The van der Waals surface area contributed by atoms with Crippen LogP contribution in [0.1, 0.15) is 57.3 Å². The maximum absolute atomic E-state index is 11.8. The van der Waals surface area contributed by atoms with Crippen LogP contribution in [0.15, 0.2) is 60.8 Å². The lowest BCUT2D eigenvalue weighted by Crippen LogP contribution is -2.08. The van der Waals surface area contributed by atoms with Gasteiger partial charge in [-0.15, -0.1) is 0 Å². The molecule has 1 aromatic heterocycles. The largest absolute Gasteiger partial charge is 0.507 e. The smallest absolute Gasteiger partial charge is 0.163 e. The van der Waals surface area contributed by atoms with E-state index >= 15 is 0 Å². The first-order valence-corrected chi connectivity index (χ1v) is 8.47. The highest BCUT2D eigenvalue weighted by Gasteiger charge is 2.22. The molecule has 0 aliphatic rings. The minimum absolute atomic E-state index is 0.0823. The minimum atomic E-state index is -0.372. The molecule has 0 aliphatic heterocycles. The summed E-state index contributed by atoms with van der Waals surface area (Å²) < 4.78 is 0. The minimum Gasteiger partial charge on any atom is -0.507 e. The molecule has 27 heavy (non-hydrogen) atoms. The third-order valence-electron chi connectivity index (χ3n) is 4.45. The van der Waals surface area contributed by atoms with Crippen molar-refractivity contribution in [2.45, 2.75) is 19.8 Å². The molecule has 0 amide bonds. The number of carbonyl (C=O) groups is 2. The van der Waals surface area contributed by atoms with E-state index in [2.05, 4.69) is 4.98 Å². The molecule has 5 nitrogen and oxygen atoms in total. The maximum Gasteiger partial charge on any atom is 0.163 e. The van der Waals surface area contributed by atoms with Crippen LogP contribution in [0, 0.1) is 0 Å². The van der Waals surface area contributed by atoms with Crippen LogP contribution >= 0.6 is 0 Å². The third kappa shape index (κ3) is 3.72. The van der Waals surface area contributed by atoms with Gasteiger partial charge in [0.05, 0.1) is 22.7 Å². The first kappa shape index (κ1) is 18.3. The van der Waals surface area contributed by atoms with Gasteiger partial charge in [0.1, 0.15) is 11.5 Å². The van der Waals surface area contributed by atoms with E-state index in [4.69, 9.17) is 0 Å². The highest BCUT2D eigenvalue weighted by molar-refractivity contribution is 5.97. The Balaban J connectivity index is 2.23. The highest BCUT2D eigenvalue weighted by atomic mass is 16.3. The fraction of sp³-hybridized carbons (Fsp3) is 0.136. The molecule has 0 spiro atoms. The summed E-state index contributed by atoms with van der Waals surface area (Å²) in [6.07, 6.45) is 1.67. The maximum atomic E-state index is 11.8. The number of pyridine rings is 1. The van der Waals surface area contributed by atoms with Gasteiger partial charge >= 0.3 is 0 Å². The molecule has 1 heterocycles. The van der Waals surface area contributed by atoms with E-state index in [-0.39, 0.29) is 40.1 Å². The number of rotatable bonds is 5. The predicted molar refractivity (Wildman–Crippen MR) is 101 cm³/mol. The molecule has 136 valence electrons. The standard InChI is InChI=1S/C22H19NO4/c1-13(24)17-11-15(6-8-20(17)26)22(19-5-3-4-10-23-19)16-7-9-21(27)18(12-16)14(2)25/h3-12,22,26-27H,1-2H3. The summed E-state index contributed by atoms with van der Waals surface area (Å²) in [5.74, 6) is -1.03. The molecule has 0 bridgehead atoms. The van der Waals surface area contributed by atoms with E-state index in [1.54, 1.807) is 36.5 Å². The lowest BCUT2D eigenvalue weighted by molar-refractivity contribution is 0.100. The molecule has 2 N–H and O–H groups in total. The summed E-state index contributed by atoms with van der Waals surface area (Å²) in [6.45, 7) is 2.78. The molecule has 0 unspecified atom stereocenters. The lowest BCUT2D eigenvalue weighted by Gasteiger charge is -2.19. The topological polar surface area (TPSA) is 87.5 Å². The van der Waals surface area contributed by atoms with Gasteiger partial charge in [-0.1, -0.05) is 18.2 Å². The number of phenolic OH excluding ortho intramolecular Hbond substituents is 2. The number of phenols is 2. The van der Waals surface area contributed by atoms with Gasteiger partial charge in [0.2, 0.25) is 0 Å².